The van der Waals surface area contributed by atoms with Gasteiger partial charge in [-0.25, -0.2) is 0 Å². The van der Waals surface area contributed by atoms with E-state index in [4.69, 9.17) is 9.47 Å². The smallest absolute Gasteiger partial charge is 0.238 e. The normalized spacial score (nSPS) is 14.3. The van der Waals surface area contributed by atoms with E-state index in [1.54, 1.807) is 31.4 Å². The van der Waals surface area contributed by atoms with Crippen molar-refractivity contribution in [3.05, 3.63) is 53.6 Å². The van der Waals surface area contributed by atoms with Crippen molar-refractivity contribution in [3.63, 3.8) is 0 Å². The Balaban J connectivity index is 1.49. The molecule has 154 valence electrons. The lowest BCUT2D eigenvalue weighted by Gasteiger charge is -2.25. The summed E-state index contributed by atoms with van der Waals surface area (Å²) in [6, 6.07) is 12.8. The highest BCUT2D eigenvalue weighted by Crippen LogP contribution is 2.20. The van der Waals surface area contributed by atoms with Crippen molar-refractivity contribution in [1.29, 1.82) is 0 Å². The van der Waals surface area contributed by atoms with Gasteiger partial charge in [0.15, 0.2) is 0 Å². The largest absolute Gasteiger partial charge is 0.496 e. The van der Waals surface area contributed by atoms with E-state index in [2.05, 4.69) is 15.5 Å². The van der Waals surface area contributed by atoms with Gasteiger partial charge >= 0.3 is 0 Å². The molecule has 0 unspecified atom stereocenters. The molecule has 0 bridgehead atoms. The molecule has 0 radical (unpaired) electrons. The number of nitrogens with zero attached hydrogens (tertiary/aromatic N) is 1. The quantitative estimate of drug-likeness (QED) is 0.750. The first-order valence-electron chi connectivity index (χ1n) is 9.67. The Hall–Kier alpha value is -2.90. The van der Waals surface area contributed by atoms with E-state index in [9.17, 15) is 9.59 Å². The number of morpholine rings is 1. The van der Waals surface area contributed by atoms with Crippen LogP contribution in [-0.4, -0.2) is 56.7 Å². The summed E-state index contributed by atoms with van der Waals surface area (Å²) in [6.07, 6.45) is 0.259. The molecule has 1 aliphatic rings. The summed E-state index contributed by atoms with van der Waals surface area (Å²) in [4.78, 5) is 26.5. The van der Waals surface area contributed by atoms with Crippen molar-refractivity contribution in [2.75, 3.05) is 50.6 Å². The van der Waals surface area contributed by atoms with Gasteiger partial charge in [-0.2, -0.15) is 0 Å². The number of carbonyl (C=O) groups is 2. The van der Waals surface area contributed by atoms with Gasteiger partial charge < -0.3 is 20.1 Å². The van der Waals surface area contributed by atoms with Crippen molar-refractivity contribution < 1.29 is 19.1 Å². The second-order valence-electron chi connectivity index (χ2n) is 7.04. The third kappa shape index (κ3) is 6.30. The molecule has 3 rings (SSSR count). The Bertz CT molecular complexity index is 846. The fraction of sp³-hybridized carbons (Fsp3) is 0.364. The number of hydrogen-bond acceptors (Lipinski definition) is 5. The third-order valence-corrected chi connectivity index (χ3v) is 4.76. The van der Waals surface area contributed by atoms with Gasteiger partial charge in [0.2, 0.25) is 11.8 Å². The number of rotatable bonds is 7. The molecule has 2 N–H and O–H groups in total. The summed E-state index contributed by atoms with van der Waals surface area (Å²) < 4.78 is 10.6. The highest BCUT2D eigenvalue weighted by Gasteiger charge is 2.14. The number of ether oxygens (including phenoxy) is 2. The summed E-state index contributed by atoms with van der Waals surface area (Å²) in [5, 5.41) is 5.75. The van der Waals surface area contributed by atoms with Crippen LogP contribution in [0.4, 0.5) is 11.4 Å². The lowest BCUT2D eigenvalue weighted by Crippen LogP contribution is -2.41. The Morgan fingerprint density at radius 2 is 1.62 bits per heavy atom. The first kappa shape index (κ1) is 20.8. The van der Waals surface area contributed by atoms with Crippen molar-refractivity contribution >= 4 is 23.2 Å². The topological polar surface area (TPSA) is 79.9 Å². The average Bonchev–Trinajstić information content (AvgIpc) is 2.71. The molecule has 1 fully saturated rings. The summed E-state index contributed by atoms with van der Waals surface area (Å²) in [6.45, 7) is 5.18. The number of amides is 2. The van der Waals surface area contributed by atoms with Gasteiger partial charge in [-0.1, -0.05) is 12.1 Å². The van der Waals surface area contributed by atoms with E-state index in [0.29, 0.717) is 31.1 Å². The number of benzene rings is 2. The lowest BCUT2D eigenvalue weighted by molar-refractivity contribution is -0.118. The van der Waals surface area contributed by atoms with Crippen LogP contribution in [-0.2, 0) is 20.7 Å². The zero-order valence-corrected chi connectivity index (χ0v) is 16.9. The summed E-state index contributed by atoms with van der Waals surface area (Å²) >= 11 is 0. The van der Waals surface area contributed by atoms with E-state index in [0.717, 1.165) is 30.0 Å². The van der Waals surface area contributed by atoms with Crippen LogP contribution >= 0.6 is 0 Å². The molecule has 0 aliphatic carbocycles. The van der Waals surface area contributed by atoms with Crippen LogP contribution in [0.1, 0.15) is 11.1 Å². The van der Waals surface area contributed by atoms with Gasteiger partial charge in [0.25, 0.3) is 0 Å². The van der Waals surface area contributed by atoms with Crippen LogP contribution in [0.15, 0.2) is 42.5 Å². The highest BCUT2D eigenvalue weighted by molar-refractivity contribution is 5.94. The predicted molar refractivity (Wildman–Crippen MR) is 112 cm³/mol. The number of methoxy groups -OCH3 is 1. The fourth-order valence-corrected chi connectivity index (χ4v) is 3.16. The van der Waals surface area contributed by atoms with Gasteiger partial charge in [-0.15, -0.1) is 0 Å². The Morgan fingerprint density at radius 1 is 1.00 bits per heavy atom. The molecule has 1 saturated heterocycles. The van der Waals surface area contributed by atoms with Crippen molar-refractivity contribution in [1.82, 2.24) is 4.90 Å². The Kier molecular flexibility index (Phi) is 7.21. The maximum absolute atomic E-state index is 12.3. The summed E-state index contributed by atoms with van der Waals surface area (Å²) in [5.41, 5.74) is 3.30. The van der Waals surface area contributed by atoms with Crippen molar-refractivity contribution in [2.24, 2.45) is 0 Å². The van der Waals surface area contributed by atoms with E-state index in [-0.39, 0.29) is 18.2 Å². The van der Waals surface area contributed by atoms with Crippen LogP contribution in [0.25, 0.3) is 0 Å². The van der Waals surface area contributed by atoms with Gasteiger partial charge in [0.05, 0.1) is 33.3 Å². The fourth-order valence-electron chi connectivity index (χ4n) is 3.16. The molecule has 1 heterocycles. The zero-order chi connectivity index (χ0) is 20.6. The second-order valence-corrected chi connectivity index (χ2v) is 7.04. The molecule has 0 atom stereocenters. The maximum Gasteiger partial charge on any atom is 0.238 e. The Morgan fingerprint density at radius 3 is 2.24 bits per heavy atom. The van der Waals surface area contributed by atoms with E-state index in [1.807, 2.05) is 25.1 Å². The second kappa shape index (κ2) is 10.0. The van der Waals surface area contributed by atoms with Crippen LogP contribution < -0.4 is 15.4 Å². The van der Waals surface area contributed by atoms with Crippen molar-refractivity contribution in [2.45, 2.75) is 13.3 Å². The molecule has 7 heteroatoms. The molecular weight excluding hydrogens is 370 g/mol. The molecule has 0 saturated carbocycles. The molecule has 2 aromatic rings. The minimum absolute atomic E-state index is 0.0583. The summed E-state index contributed by atoms with van der Waals surface area (Å²) in [5.74, 6) is 0.601. The van der Waals surface area contributed by atoms with E-state index >= 15 is 0 Å². The monoisotopic (exact) mass is 397 g/mol. The van der Waals surface area contributed by atoms with Gasteiger partial charge in [0.1, 0.15) is 5.75 Å². The number of nitrogens with one attached hydrogen (secondary N) is 2. The number of anilines is 2. The molecule has 29 heavy (non-hydrogen) atoms. The van der Waals surface area contributed by atoms with E-state index < -0.39 is 0 Å². The molecule has 0 spiro atoms. The highest BCUT2D eigenvalue weighted by atomic mass is 16.5. The number of carbonyl (C=O) groups excluding carboxylic acids is 2. The average molecular weight is 397 g/mol. The van der Waals surface area contributed by atoms with Crippen LogP contribution in [0.2, 0.25) is 0 Å². The zero-order valence-electron chi connectivity index (χ0n) is 16.9. The standard InChI is InChI=1S/C22H27N3O4/c1-16-3-4-17(13-20(16)28-2)14-21(26)23-18-5-7-19(8-6-18)24-22(27)15-25-9-11-29-12-10-25/h3-8,13H,9-12,14-15H2,1-2H3,(H,23,26)(H,24,27). The Labute approximate surface area is 171 Å². The van der Waals surface area contributed by atoms with Crippen molar-refractivity contribution in [3.8, 4) is 5.75 Å². The first-order chi connectivity index (χ1) is 14.0. The van der Waals surface area contributed by atoms with Crippen LogP contribution in [0.5, 0.6) is 5.75 Å². The molecular formula is C22H27N3O4. The lowest BCUT2D eigenvalue weighted by atomic mass is 10.1. The molecule has 0 aromatic heterocycles. The number of hydrogen-bond donors (Lipinski definition) is 2. The minimum atomic E-state index is -0.111. The number of aryl methyl sites for hydroxylation is 1. The minimum Gasteiger partial charge on any atom is -0.496 e. The van der Waals surface area contributed by atoms with Gasteiger partial charge in [0, 0.05) is 24.5 Å². The van der Waals surface area contributed by atoms with Crippen LogP contribution in [0.3, 0.4) is 0 Å². The molecule has 2 amide bonds. The third-order valence-electron chi connectivity index (χ3n) is 4.76. The predicted octanol–water partition coefficient (Wildman–Crippen LogP) is 2.46. The SMILES string of the molecule is COc1cc(CC(=O)Nc2ccc(NC(=O)CN3CCOCC3)cc2)ccc1C. The molecule has 7 nitrogen and oxygen atoms in total. The summed E-state index contributed by atoms with van der Waals surface area (Å²) in [7, 11) is 1.62. The molecule has 2 aromatic carbocycles. The first-order valence-corrected chi connectivity index (χ1v) is 9.67. The maximum atomic E-state index is 12.3. The van der Waals surface area contributed by atoms with E-state index in [1.165, 1.54) is 0 Å². The molecule has 1 aliphatic heterocycles. The van der Waals surface area contributed by atoms with Gasteiger partial charge in [-0.3, -0.25) is 14.5 Å². The van der Waals surface area contributed by atoms with Crippen LogP contribution in [0, 0.1) is 6.92 Å². The van der Waals surface area contributed by atoms with Gasteiger partial charge in [-0.05, 0) is 48.4 Å².